The van der Waals surface area contributed by atoms with Crippen LogP contribution in [0.1, 0.15) is 18.9 Å². The van der Waals surface area contributed by atoms with E-state index in [2.05, 4.69) is 22.9 Å². The second-order valence-corrected chi connectivity index (χ2v) is 6.76. The molecule has 0 aliphatic carbocycles. The molecule has 0 radical (unpaired) electrons. The Bertz CT molecular complexity index is 399. The molecule has 1 aromatic rings. The molecule has 1 heterocycles. The van der Waals surface area contributed by atoms with Crippen molar-refractivity contribution in [3.05, 3.63) is 34.1 Å². The van der Waals surface area contributed by atoms with E-state index < -0.39 is 5.60 Å². The van der Waals surface area contributed by atoms with E-state index in [9.17, 15) is 9.50 Å². The van der Waals surface area contributed by atoms with Crippen molar-refractivity contribution in [2.24, 2.45) is 0 Å². The summed E-state index contributed by atoms with van der Waals surface area (Å²) in [5.74, 6) is 0.508. The molecule has 1 fully saturated rings. The van der Waals surface area contributed by atoms with Crippen LogP contribution in [0.3, 0.4) is 0 Å². The monoisotopic (exact) mass is 304 g/mol. The van der Waals surface area contributed by atoms with Gasteiger partial charge in [0.05, 0.1) is 10.1 Å². The maximum atomic E-state index is 13.1. The molecule has 2 atom stereocenters. The van der Waals surface area contributed by atoms with Crippen LogP contribution in [0.25, 0.3) is 0 Å². The van der Waals surface area contributed by atoms with Gasteiger partial charge in [0, 0.05) is 17.4 Å². The summed E-state index contributed by atoms with van der Waals surface area (Å²) in [6.45, 7) is 2.13. The van der Waals surface area contributed by atoms with Crippen molar-refractivity contribution in [2.75, 3.05) is 5.75 Å². The molecule has 2 unspecified atom stereocenters. The van der Waals surface area contributed by atoms with E-state index in [1.807, 2.05) is 0 Å². The third-order valence-electron chi connectivity index (χ3n) is 2.82. The Morgan fingerprint density at radius 2 is 2.38 bits per heavy atom. The maximum absolute atomic E-state index is 13.1. The fraction of sp³-hybridized carbons (Fsp3) is 0.500. The number of benzene rings is 1. The van der Waals surface area contributed by atoms with Crippen LogP contribution in [0, 0.1) is 5.82 Å². The molecule has 4 heteroatoms. The summed E-state index contributed by atoms with van der Waals surface area (Å²) < 4.78 is 13.5. The van der Waals surface area contributed by atoms with E-state index in [4.69, 9.17) is 0 Å². The molecule has 1 saturated heterocycles. The minimum absolute atomic E-state index is 0.259. The van der Waals surface area contributed by atoms with Gasteiger partial charge in [0.2, 0.25) is 0 Å². The Balaban J connectivity index is 2.12. The number of hydrogen-bond acceptors (Lipinski definition) is 2. The van der Waals surface area contributed by atoms with Crippen LogP contribution in [0.4, 0.5) is 4.39 Å². The van der Waals surface area contributed by atoms with E-state index >= 15 is 0 Å². The summed E-state index contributed by atoms with van der Waals surface area (Å²) in [7, 11) is 0. The first-order valence-corrected chi connectivity index (χ1v) is 7.11. The molecule has 0 amide bonds. The van der Waals surface area contributed by atoms with E-state index in [0.29, 0.717) is 16.1 Å². The highest BCUT2D eigenvalue weighted by Gasteiger charge is 2.35. The first-order valence-electron chi connectivity index (χ1n) is 5.26. The summed E-state index contributed by atoms with van der Waals surface area (Å²) >= 11 is 4.96. The van der Waals surface area contributed by atoms with Crippen molar-refractivity contribution in [2.45, 2.75) is 30.6 Å². The Morgan fingerprint density at radius 1 is 1.62 bits per heavy atom. The highest BCUT2D eigenvalue weighted by atomic mass is 79.9. The quantitative estimate of drug-likeness (QED) is 0.904. The largest absolute Gasteiger partial charge is 0.389 e. The summed E-state index contributed by atoms with van der Waals surface area (Å²) in [6, 6.07) is 4.93. The molecule has 88 valence electrons. The molecule has 16 heavy (non-hydrogen) atoms. The minimum atomic E-state index is -0.624. The third-order valence-corrected chi connectivity index (χ3v) is 4.87. The second-order valence-electron chi connectivity index (χ2n) is 4.48. The zero-order chi connectivity index (χ0) is 11.8. The van der Waals surface area contributed by atoms with Crippen LogP contribution in [0.5, 0.6) is 0 Å². The lowest BCUT2D eigenvalue weighted by Gasteiger charge is -2.21. The molecule has 0 aromatic heterocycles. The first kappa shape index (κ1) is 12.4. The molecule has 2 rings (SSSR count). The molecule has 0 bridgehead atoms. The lowest BCUT2D eigenvalue weighted by Crippen LogP contribution is -2.31. The molecule has 1 nitrogen and oxygen atoms in total. The van der Waals surface area contributed by atoms with Gasteiger partial charge in [0.25, 0.3) is 0 Å². The highest BCUT2D eigenvalue weighted by molar-refractivity contribution is 9.10. The van der Waals surface area contributed by atoms with Crippen LogP contribution >= 0.6 is 27.7 Å². The van der Waals surface area contributed by atoms with Gasteiger partial charge in [0.15, 0.2) is 0 Å². The van der Waals surface area contributed by atoms with Crippen LogP contribution in [-0.2, 0) is 6.42 Å². The van der Waals surface area contributed by atoms with Gasteiger partial charge in [-0.25, -0.2) is 4.39 Å². The Hall–Kier alpha value is -0.0600. The van der Waals surface area contributed by atoms with Gasteiger partial charge in [-0.15, -0.1) is 0 Å². The van der Waals surface area contributed by atoms with Gasteiger partial charge in [-0.3, -0.25) is 0 Å². The van der Waals surface area contributed by atoms with Gasteiger partial charge in [-0.1, -0.05) is 13.0 Å². The number of thioether (sulfide) groups is 1. The normalized spacial score (nSPS) is 29.6. The summed E-state index contributed by atoms with van der Waals surface area (Å²) in [4.78, 5) is 0. The molecule has 1 aliphatic rings. The van der Waals surface area contributed by atoms with E-state index in [-0.39, 0.29) is 5.82 Å². The zero-order valence-corrected chi connectivity index (χ0v) is 11.4. The van der Waals surface area contributed by atoms with Crippen molar-refractivity contribution in [3.8, 4) is 0 Å². The Kier molecular flexibility index (Phi) is 3.62. The highest BCUT2D eigenvalue weighted by Crippen LogP contribution is 2.36. The molecule has 1 aromatic carbocycles. The molecular formula is C12H14BrFOS. The van der Waals surface area contributed by atoms with Crippen LogP contribution in [-0.4, -0.2) is 21.7 Å². The van der Waals surface area contributed by atoms with Gasteiger partial charge >= 0.3 is 0 Å². The van der Waals surface area contributed by atoms with E-state index in [0.717, 1.165) is 17.7 Å². The second kappa shape index (κ2) is 4.67. The lowest BCUT2D eigenvalue weighted by molar-refractivity contribution is 0.0642. The lowest BCUT2D eigenvalue weighted by atomic mass is 9.92. The molecule has 0 saturated carbocycles. The van der Waals surface area contributed by atoms with Crippen molar-refractivity contribution in [1.82, 2.24) is 0 Å². The average molecular weight is 305 g/mol. The topological polar surface area (TPSA) is 20.2 Å². The van der Waals surface area contributed by atoms with Gasteiger partial charge in [0.1, 0.15) is 5.82 Å². The summed E-state index contributed by atoms with van der Waals surface area (Å²) in [6.07, 6.45) is 1.41. The van der Waals surface area contributed by atoms with Crippen molar-refractivity contribution < 1.29 is 9.50 Å². The minimum Gasteiger partial charge on any atom is -0.389 e. The number of rotatable bonds is 2. The smallest absolute Gasteiger partial charge is 0.137 e. The van der Waals surface area contributed by atoms with Crippen LogP contribution in [0.2, 0.25) is 0 Å². The van der Waals surface area contributed by atoms with E-state index in [1.54, 1.807) is 23.9 Å². The summed E-state index contributed by atoms with van der Waals surface area (Å²) in [5.41, 5.74) is 0.354. The number of hydrogen-bond donors (Lipinski definition) is 1. The Morgan fingerprint density at radius 3 is 2.94 bits per heavy atom. The third kappa shape index (κ3) is 2.79. The molecular weight excluding hydrogens is 291 g/mol. The first-order chi connectivity index (χ1) is 7.48. The van der Waals surface area contributed by atoms with Crippen molar-refractivity contribution in [3.63, 3.8) is 0 Å². The SMILES string of the molecule is CC1CC(O)(Cc2ccc(F)c(Br)c2)CS1. The van der Waals surface area contributed by atoms with Gasteiger partial charge in [-0.05, 0) is 40.0 Å². The average Bonchev–Trinajstić information content (AvgIpc) is 2.52. The predicted molar refractivity (Wildman–Crippen MR) is 69.3 cm³/mol. The zero-order valence-electron chi connectivity index (χ0n) is 9.04. The predicted octanol–water partition coefficient (Wildman–Crippen LogP) is 3.39. The molecule has 1 N–H and O–H groups in total. The fourth-order valence-corrected chi connectivity index (χ4v) is 3.77. The summed E-state index contributed by atoms with van der Waals surface area (Å²) in [5, 5.41) is 10.9. The molecule has 1 aliphatic heterocycles. The van der Waals surface area contributed by atoms with Crippen molar-refractivity contribution >= 4 is 27.7 Å². The van der Waals surface area contributed by atoms with Crippen LogP contribution < -0.4 is 0 Å². The van der Waals surface area contributed by atoms with E-state index in [1.165, 1.54) is 6.07 Å². The maximum Gasteiger partial charge on any atom is 0.137 e. The number of halogens is 2. The van der Waals surface area contributed by atoms with Crippen molar-refractivity contribution in [1.29, 1.82) is 0 Å². The fourth-order valence-electron chi connectivity index (χ4n) is 2.10. The van der Waals surface area contributed by atoms with Gasteiger partial charge in [-0.2, -0.15) is 11.8 Å². The van der Waals surface area contributed by atoms with Gasteiger partial charge < -0.3 is 5.11 Å². The number of aliphatic hydroxyl groups is 1. The standard InChI is InChI=1S/C12H14BrFOS/c1-8-5-12(15,7-16-8)6-9-2-3-11(14)10(13)4-9/h2-4,8,15H,5-7H2,1H3. The van der Waals surface area contributed by atoms with Crippen LogP contribution in [0.15, 0.2) is 22.7 Å². The Labute approximate surface area is 108 Å². The molecule has 0 spiro atoms.